The van der Waals surface area contributed by atoms with Crippen LogP contribution in [0.4, 0.5) is 0 Å². The zero-order valence-corrected chi connectivity index (χ0v) is 11.8. The summed E-state index contributed by atoms with van der Waals surface area (Å²) in [4.78, 5) is 14.4. The van der Waals surface area contributed by atoms with Crippen molar-refractivity contribution in [3.8, 4) is 5.75 Å². The van der Waals surface area contributed by atoms with E-state index in [0.29, 0.717) is 36.9 Å². The van der Waals surface area contributed by atoms with Crippen molar-refractivity contribution < 1.29 is 9.53 Å². The Kier molecular flexibility index (Phi) is 3.92. The van der Waals surface area contributed by atoms with Crippen molar-refractivity contribution in [3.63, 3.8) is 0 Å². The first-order chi connectivity index (χ1) is 9.75. The van der Waals surface area contributed by atoms with Gasteiger partial charge in [-0.25, -0.2) is 0 Å². The number of nitrogens with zero attached hydrogens (tertiary/aromatic N) is 1. The van der Waals surface area contributed by atoms with Gasteiger partial charge in [-0.1, -0.05) is 25.0 Å². The molecule has 4 nitrogen and oxygen atoms in total. The van der Waals surface area contributed by atoms with Gasteiger partial charge in [0.05, 0.1) is 12.1 Å². The molecule has 4 heteroatoms. The molecule has 3 rings (SSSR count). The van der Waals surface area contributed by atoms with E-state index < -0.39 is 0 Å². The lowest BCUT2D eigenvalue weighted by Gasteiger charge is -2.27. The zero-order valence-electron chi connectivity index (χ0n) is 11.8. The largest absolute Gasteiger partial charge is 0.491 e. The van der Waals surface area contributed by atoms with Crippen LogP contribution in [0.2, 0.25) is 0 Å². The van der Waals surface area contributed by atoms with Gasteiger partial charge in [0.25, 0.3) is 5.91 Å². The fraction of sp³-hybridized carbons (Fsp3) is 0.562. The Bertz CT molecular complexity index is 483. The number of carbonyl (C=O) groups is 1. The number of para-hydroxylation sites is 1. The zero-order chi connectivity index (χ0) is 13.9. The second-order valence-electron chi connectivity index (χ2n) is 5.80. The predicted octanol–water partition coefficient (Wildman–Crippen LogP) is 2.04. The summed E-state index contributed by atoms with van der Waals surface area (Å²) in [7, 11) is 0. The minimum atomic E-state index is 0.0477. The summed E-state index contributed by atoms with van der Waals surface area (Å²) >= 11 is 0. The molecule has 0 radical (unpaired) electrons. The Morgan fingerprint density at radius 2 is 2.05 bits per heavy atom. The smallest absolute Gasteiger partial charge is 0.257 e. The highest BCUT2D eigenvalue weighted by atomic mass is 16.5. The summed E-state index contributed by atoms with van der Waals surface area (Å²) in [6.45, 7) is 1.80. The van der Waals surface area contributed by atoms with E-state index >= 15 is 0 Å². The van der Waals surface area contributed by atoms with Gasteiger partial charge in [-0.15, -0.1) is 0 Å². The molecule has 0 bridgehead atoms. The molecular formula is C16H22N2O2. The maximum absolute atomic E-state index is 12.6. The molecule has 20 heavy (non-hydrogen) atoms. The first-order valence-corrected chi connectivity index (χ1v) is 7.52. The maximum Gasteiger partial charge on any atom is 0.257 e. The van der Waals surface area contributed by atoms with Crippen molar-refractivity contribution in [2.75, 3.05) is 19.7 Å². The number of hydrogen-bond acceptors (Lipinski definition) is 3. The molecule has 0 saturated heterocycles. The van der Waals surface area contributed by atoms with E-state index in [0.717, 1.165) is 0 Å². The van der Waals surface area contributed by atoms with Crippen LogP contribution in [0.25, 0.3) is 0 Å². The van der Waals surface area contributed by atoms with Gasteiger partial charge in [0, 0.05) is 12.6 Å². The van der Waals surface area contributed by atoms with Crippen LogP contribution in [0.15, 0.2) is 24.3 Å². The van der Waals surface area contributed by atoms with Crippen LogP contribution < -0.4 is 10.5 Å². The minimum Gasteiger partial charge on any atom is -0.491 e. The van der Waals surface area contributed by atoms with Crippen LogP contribution >= 0.6 is 0 Å². The molecule has 2 aliphatic rings. The summed E-state index contributed by atoms with van der Waals surface area (Å²) in [5, 5.41) is 0. The van der Waals surface area contributed by atoms with Crippen LogP contribution in [0.3, 0.4) is 0 Å². The van der Waals surface area contributed by atoms with E-state index in [9.17, 15) is 4.79 Å². The number of ether oxygens (including phenoxy) is 1. The van der Waals surface area contributed by atoms with E-state index in [1.165, 1.54) is 25.7 Å². The summed E-state index contributed by atoms with van der Waals surface area (Å²) in [6, 6.07) is 7.55. The normalized spacial score (nSPS) is 21.2. The fourth-order valence-electron chi connectivity index (χ4n) is 3.27. The number of amides is 1. The summed E-state index contributed by atoms with van der Waals surface area (Å²) in [6.07, 6.45) is 4.96. The molecule has 1 fully saturated rings. The number of fused-ring (bicyclic) bond motifs is 1. The van der Waals surface area contributed by atoms with Crippen LogP contribution in [0.1, 0.15) is 36.0 Å². The molecule has 0 aromatic heterocycles. The monoisotopic (exact) mass is 274 g/mol. The lowest BCUT2D eigenvalue weighted by Crippen LogP contribution is -2.45. The van der Waals surface area contributed by atoms with Gasteiger partial charge in [-0.3, -0.25) is 4.79 Å². The number of nitrogens with two attached hydrogens (primary N) is 1. The van der Waals surface area contributed by atoms with Crippen LogP contribution in [-0.4, -0.2) is 36.5 Å². The highest BCUT2D eigenvalue weighted by Gasteiger charge is 2.28. The molecule has 1 aliphatic heterocycles. The first kappa shape index (κ1) is 13.4. The van der Waals surface area contributed by atoms with Gasteiger partial charge in [0.15, 0.2) is 0 Å². The molecule has 1 aromatic rings. The Morgan fingerprint density at radius 3 is 2.85 bits per heavy atom. The van der Waals surface area contributed by atoms with E-state index in [1.54, 1.807) is 0 Å². The molecule has 1 heterocycles. The van der Waals surface area contributed by atoms with Gasteiger partial charge in [-0.2, -0.15) is 0 Å². The standard InChI is InChI=1S/C16H22N2O2/c17-14(12-5-1-2-6-12)11-18-9-10-20-15-8-4-3-7-13(15)16(18)19/h3-4,7-8,12,14H,1-2,5-6,9-11,17H2. The predicted molar refractivity (Wildman–Crippen MR) is 77.8 cm³/mol. The van der Waals surface area contributed by atoms with Crippen molar-refractivity contribution in [2.24, 2.45) is 11.7 Å². The SMILES string of the molecule is NC(CN1CCOc2ccccc2C1=O)C1CCCC1. The third kappa shape index (κ3) is 2.66. The van der Waals surface area contributed by atoms with Crippen molar-refractivity contribution in [1.82, 2.24) is 4.90 Å². The molecule has 2 N–H and O–H groups in total. The summed E-state index contributed by atoms with van der Waals surface area (Å²) < 4.78 is 5.65. The maximum atomic E-state index is 12.6. The quantitative estimate of drug-likeness (QED) is 0.917. The summed E-state index contributed by atoms with van der Waals surface area (Å²) in [5.41, 5.74) is 6.96. The Morgan fingerprint density at radius 1 is 1.30 bits per heavy atom. The molecule has 1 amide bonds. The average Bonchev–Trinajstić information content (AvgIpc) is 2.95. The lowest BCUT2D eigenvalue weighted by atomic mass is 9.98. The van der Waals surface area contributed by atoms with E-state index in [1.807, 2.05) is 29.2 Å². The van der Waals surface area contributed by atoms with Gasteiger partial charge in [-0.05, 0) is 30.9 Å². The van der Waals surface area contributed by atoms with Crippen molar-refractivity contribution in [1.29, 1.82) is 0 Å². The molecule has 1 saturated carbocycles. The van der Waals surface area contributed by atoms with E-state index in [2.05, 4.69) is 0 Å². The molecule has 1 aromatic carbocycles. The second-order valence-corrected chi connectivity index (χ2v) is 5.80. The minimum absolute atomic E-state index is 0.0477. The van der Waals surface area contributed by atoms with Crippen LogP contribution in [0, 0.1) is 5.92 Å². The summed E-state index contributed by atoms with van der Waals surface area (Å²) in [5.74, 6) is 1.31. The van der Waals surface area contributed by atoms with Gasteiger partial charge in [0.2, 0.25) is 0 Å². The average molecular weight is 274 g/mol. The van der Waals surface area contributed by atoms with Gasteiger partial charge >= 0.3 is 0 Å². The molecule has 1 unspecified atom stereocenters. The van der Waals surface area contributed by atoms with Crippen LogP contribution in [-0.2, 0) is 0 Å². The number of benzene rings is 1. The molecular weight excluding hydrogens is 252 g/mol. The fourth-order valence-corrected chi connectivity index (χ4v) is 3.27. The Balaban J connectivity index is 1.72. The van der Waals surface area contributed by atoms with Gasteiger partial charge < -0.3 is 15.4 Å². The third-order valence-electron chi connectivity index (χ3n) is 4.46. The lowest BCUT2D eigenvalue weighted by molar-refractivity contribution is 0.0733. The van der Waals surface area contributed by atoms with E-state index in [4.69, 9.17) is 10.5 Å². The highest BCUT2D eigenvalue weighted by molar-refractivity contribution is 5.97. The second kappa shape index (κ2) is 5.83. The topological polar surface area (TPSA) is 55.6 Å². The van der Waals surface area contributed by atoms with E-state index in [-0.39, 0.29) is 11.9 Å². The number of carbonyl (C=O) groups excluding carboxylic acids is 1. The molecule has 1 atom stereocenters. The Hall–Kier alpha value is -1.55. The number of hydrogen-bond donors (Lipinski definition) is 1. The first-order valence-electron chi connectivity index (χ1n) is 7.52. The number of rotatable bonds is 3. The molecule has 0 spiro atoms. The Labute approximate surface area is 119 Å². The van der Waals surface area contributed by atoms with Crippen LogP contribution in [0.5, 0.6) is 5.75 Å². The van der Waals surface area contributed by atoms with Crippen molar-refractivity contribution in [2.45, 2.75) is 31.7 Å². The highest BCUT2D eigenvalue weighted by Crippen LogP contribution is 2.28. The van der Waals surface area contributed by atoms with Crippen molar-refractivity contribution >= 4 is 5.91 Å². The third-order valence-corrected chi connectivity index (χ3v) is 4.46. The van der Waals surface area contributed by atoms with Crippen molar-refractivity contribution in [3.05, 3.63) is 29.8 Å². The molecule has 1 aliphatic carbocycles. The molecule has 108 valence electrons. The van der Waals surface area contributed by atoms with Gasteiger partial charge in [0.1, 0.15) is 12.4 Å².